The molecule has 0 spiro atoms. The second kappa shape index (κ2) is 9.22. The molecule has 146 valence electrons. The van der Waals surface area contributed by atoms with Crippen LogP contribution in [0.1, 0.15) is 30.0 Å². The van der Waals surface area contributed by atoms with Crippen LogP contribution in [0.15, 0.2) is 53.3 Å². The number of aryl methyl sites for hydroxylation is 1. The van der Waals surface area contributed by atoms with E-state index >= 15 is 0 Å². The van der Waals surface area contributed by atoms with Gasteiger partial charge in [-0.15, -0.1) is 0 Å². The molecule has 1 aromatic heterocycles. The lowest BCUT2D eigenvalue weighted by Crippen LogP contribution is -2.40. The van der Waals surface area contributed by atoms with Gasteiger partial charge in [-0.05, 0) is 60.3 Å². The Hall–Kier alpha value is -2.37. The SMILES string of the molecule is CCCNC(=S)N(Cc1ccc(Cl)cc1)Cc1cc2cccc(C)c2[nH]c1=O. The molecule has 0 radical (unpaired) electrons. The number of halogens is 1. The van der Waals surface area contributed by atoms with Gasteiger partial charge in [0.2, 0.25) is 0 Å². The van der Waals surface area contributed by atoms with E-state index in [0.717, 1.165) is 35.0 Å². The highest BCUT2D eigenvalue weighted by atomic mass is 35.5. The minimum Gasteiger partial charge on any atom is -0.363 e. The number of aromatic nitrogens is 1. The summed E-state index contributed by atoms with van der Waals surface area (Å²) in [5.74, 6) is 0. The summed E-state index contributed by atoms with van der Waals surface area (Å²) >= 11 is 11.6. The van der Waals surface area contributed by atoms with Gasteiger partial charge in [0.05, 0.1) is 12.1 Å². The fourth-order valence-corrected chi connectivity index (χ4v) is 3.46. The Bertz CT molecular complexity index is 1030. The normalized spacial score (nSPS) is 10.8. The molecule has 3 rings (SSSR count). The summed E-state index contributed by atoms with van der Waals surface area (Å²) in [6.45, 7) is 5.91. The van der Waals surface area contributed by atoms with Gasteiger partial charge in [-0.2, -0.15) is 0 Å². The average Bonchev–Trinajstić information content (AvgIpc) is 2.68. The van der Waals surface area contributed by atoms with Crippen LogP contribution in [0.2, 0.25) is 5.02 Å². The molecule has 4 nitrogen and oxygen atoms in total. The Labute approximate surface area is 175 Å². The van der Waals surface area contributed by atoms with Gasteiger partial charge in [0.15, 0.2) is 5.11 Å². The fourth-order valence-electron chi connectivity index (χ4n) is 3.11. The standard InChI is InChI=1S/C22H24ClN3OS/c1-3-11-24-22(28)26(13-16-7-9-19(23)10-8-16)14-18-12-17-6-4-5-15(2)20(17)25-21(18)27/h4-10,12H,3,11,13-14H2,1-2H3,(H,24,28)(H,25,27). The maximum Gasteiger partial charge on any atom is 0.253 e. The fraction of sp³-hybridized carbons (Fsp3) is 0.273. The number of benzene rings is 2. The van der Waals surface area contributed by atoms with Crippen molar-refractivity contribution in [2.75, 3.05) is 6.54 Å². The maximum absolute atomic E-state index is 12.7. The summed E-state index contributed by atoms with van der Waals surface area (Å²) in [6, 6.07) is 15.6. The molecule has 0 saturated carbocycles. The van der Waals surface area contributed by atoms with Crippen LogP contribution in [0.5, 0.6) is 0 Å². The van der Waals surface area contributed by atoms with Gasteiger partial charge in [-0.25, -0.2) is 0 Å². The Morgan fingerprint density at radius 2 is 1.93 bits per heavy atom. The molecular weight excluding hydrogens is 390 g/mol. The lowest BCUT2D eigenvalue weighted by molar-refractivity contribution is 0.397. The van der Waals surface area contributed by atoms with Crippen molar-refractivity contribution in [2.24, 2.45) is 0 Å². The zero-order valence-electron chi connectivity index (χ0n) is 16.1. The van der Waals surface area contributed by atoms with Gasteiger partial charge in [0.25, 0.3) is 5.56 Å². The molecule has 28 heavy (non-hydrogen) atoms. The van der Waals surface area contributed by atoms with Crippen molar-refractivity contribution in [3.63, 3.8) is 0 Å². The summed E-state index contributed by atoms with van der Waals surface area (Å²) in [5.41, 5.74) is 3.62. The highest BCUT2D eigenvalue weighted by molar-refractivity contribution is 7.80. The zero-order valence-corrected chi connectivity index (χ0v) is 17.7. The van der Waals surface area contributed by atoms with Gasteiger partial charge in [-0.3, -0.25) is 4.79 Å². The van der Waals surface area contributed by atoms with Gasteiger partial charge >= 0.3 is 0 Å². The third-order valence-corrected chi connectivity index (χ3v) is 5.28. The Kier molecular flexibility index (Phi) is 6.70. The zero-order chi connectivity index (χ0) is 20.1. The van der Waals surface area contributed by atoms with Crippen LogP contribution in [0, 0.1) is 6.92 Å². The first-order valence-electron chi connectivity index (χ1n) is 9.36. The minimum atomic E-state index is -0.0822. The first kappa shape index (κ1) is 20.4. The van der Waals surface area contributed by atoms with E-state index in [9.17, 15) is 4.79 Å². The number of nitrogens with zero attached hydrogens (tertiary/aromatic N) is 1. The number of hydrogen-bond acceptors (Lipinski definition) is 2. The molecule has 0 aliphatic carbocycles. The van der Waals surface area contributed by atoms with Gasteiger partial charge in [-0.1, -0.05) is 48.9 Å². The number of pyridine rings is 1. The first-order valence-corrected chi connectivity index (χ1v) is 10.2. The van der Waals surface area contributed by atoms with Crippen molar-refractivity contribution in [1.82, 2.24) is 15.2 Å². The molecule has 2 N–H and O–H groups in total. The van der Waals surface area contributed by atoms with Crippen LogP contribution in [-0.2, 0) is 13.1 Å². The Morgan fingerprint density at radius 3 is 2.64 bits per heavy atom. The molecule has 0 fully saturated rings. The Balaban J connectivity index is 1.90. The molecule has 1 heterocycles. The number of fused-ring (bicyclic) bond motifs is 1. The van der Waals surface area contributed by atoms with E-state index < -0.39 is 0 Å². The average molecular weight is 414 g/mol. The number of hydrogen-bond donors (Lipinski definition) is 2. The number of para-hydroxylation sites is 1. The number of rotatable bonds is 6. The monoisotopic (exact) mass is 413 g/mol. The van der Waals surface area contributed by atoms with Crippen molar-refractivity contribution in [1.29, 1.82) is 0 Å². The van der Waals surface area contributed by atoms with E-state index in [1.807, 2.05) is 60.4 Å². The second-order valence-corrected chi connectivity index (χ2v) is 7.70. The van der Waals surface area contributed by atoms with E-state index in [0.29, 0.717) is 28.8 Å². The van der Waals surface area contributed by atoms with Gasteiger partial charge in [0.1, 0.15) is 0 Å². The van der Waals surface area contributed by atoms with E-state index in [2.05, 4.69) is 17.2 Å². The largest absolute Gasteiger partial charge is 0.363 e. The van der Waals surface area contributed by atoms with Crippen LogP contribution < -0.4 is 10.9 Å². The summed E-state index contributed by atoms with van der Waals surface area (Å²) in [7, 11) is 0. The summed E-state index contributed by atoms with van der Waals surface area (Å²) in [4.78, 5) is 17.7. The molecule has 0 aliphatic heterocycles. The molecule has 6 heteroatoms. The number of aromatic amines is 1. The van der Waals surface area contributed by atoms with Crippen LogP contribution in [0.4, 0.5) is 0 Å². The summed E-state index contributed by atoms with van der Waals surface area (Å²) < 4.78 is 0. The molecule has 2 aromatic carbocycles. The highest BCUT2D eigenvalue weighted by Crippen LogP contribution is 2.17. The van der Waals surface area contributed by atoms with E-state index in [1.54, 1.807) is 0 Å². The molecule has 0 amide bonds. The van der Waals surface area contributed by atoms with Crippen LogP contribution >= 0.6 is 23.8 Å². The molecule has 0 saturated heterocycles. The van der Waals surface area contributed by atoms with Crippen LogP contribution in [0.3, 0.4) is 0 Å². The number of thiocarbonyl (C=S) groups is 1. The van der Waals surface area contributed by atoms with Crippen molar-refractivity contribution in [2.45, 2.75) is 33.4 Å². The maximum atomic E-state index is 12.7. The lowest BCUT2D eigenvalue weighted by Gasteiger charge is -2.26. The molecule has 0 aliphatic rings. The van der Waals surface area contributed by atoms with E-state index in [-0.39, 0.29) is 5.56 Å². The lowest BCUT2D eigenvalue weighted by atomic mass is 10.1. The topological polar surface area (TPSA) is 48.1 Å². The summed E-state index contributed by atoms with van der Waals surface area (Å²) in [6.07, 6.45) is 0.977. The van der Waals surface area contributed by atoms with Crippen molar-refractivity contribution in [3.8, 4) is 0 Å². The van der Waals surface area contributed by atoms with Crippen molar-refractivity contribution >= 4 is 39.8 Å². The first-order chi connectivity index (χ1) is 13.5. The third kappa shape index (κ3) is 4.91. The molecular formula is C22H24ClN3OS. The van der Waals surface area contributed by atoms with E-state index in [1.165, 1.54) is 0 Å². The molecule has 0 atom stereocenters. The van der Waals surface area contributed by atoms with Crippen molar-refractivity contribution in [3.05, 3.63) is 80.6 Å². The molecule has 0 unspecified atom stereocenters. The smallest absolute Gasteiger partial charge is 0.253 e. The van der Waals surface area contributed by atoms with E-state index in [4.69, 9.17) is 23.8 Å². The third-order valence-electron chi connectivity index (χ3n) is 4.63. The predicted molar refractivity (Wildman–Crippen MR) is 121 cm³/mol. The number of nitrogens with one attached hydrogen (secondary N) is 2. The summed E-state index contributed by atoms with van der Waals surface area (Å²) in [5, 5.41) is 5.63. The minimum absolute atomic E-state index is 0.0822. The molecule has 0 bridgehead atoms. The number of H-pyrrole nitrogens is 1. The second-order valence-electron chi connectivity index (χ2n) is 6.88. The Morgan fingerprint density at radius 1 is 1.18 bits per heavy atom. The molecule has 3 aromatic rings. The predicted octanol–water partition coefficient (Wildman–Crippen LogP) is 4.78. The van der Waals surface area contributed by atoms with Crippen LogP contribution in [-0.4, -0.2) is 21.5 Å². The van der Waals surface area contributed by atoms with Gasteiger partial charge < -0.3 is 15.2 Å². The highest BCUT2D eigenvalue weighted by Gasteiger charge is 2.14. The quantitative estimate of drug-likeness (QED) is 0.571. The van der Waals surface area contributed by atoms with Gasteiger partial charge in [0, 0.05) is 23.7 Å². The van der Waals surface area contributed by atoms with Crippen molar-refractivity contribution < 1.29 is 0 Å². The van der Waals surface area contributed by atoms with Crippen LogP contribution in [0.25, 0.3) is 10.9 Å².